The van der Waals surface area contributed by atoms with Gasteiger partial charge >= 0.3 is 0 Å². The van der Waals surface area contributed by atoms with Crippen molar-refractivity contribution in [2.24, 2.45) is 12.8 Å². The Hall–Kier alpha value is -3.50. The molecule has 0 radical (unpaired) electrons. The van der Waals surface area contributed by atoms with Crippen LogP contribution in [0.25, 0.3) is 22.5 Å². The predicted octanol–water partition coefficient (Wildman–Crippen LogP) is 2.62. The van der Waals surface area contributed by atoms with Crippen LogP contribution in [0, 0.1) is 18.3 Å². The Balaban J connectivity index is 1.92. The third-order valence-corrected chi connectivity index (χ3v) is 5.58. The van der Waals surface area contributed by atoms with E-state index < -0.39 is 0 Å². The summed E-state index contributed by atoms with van der Waals surface area (Å²) >= 11 is 0. The fourth-order valence-corrected chi connectivity index (χ4v) is 3.78. The second kappa shape index (κ2) is 8.09. The van der Waals surface area contributed by atoms with Crippen LogP contribution >= 0.6 is 0 Å². The zero-order valence-corrected chi connectivity index (χ0v) is 17.2. The average molecular weight is 400 g/mol. The molecular formula is C23H24N6O. The van der Waals surface area contributed by atoms with Gasteiger partial charge in [-0.05, 0) is 44.0 Å². The van der Waals surface area contributed by atoms with E-state index in [-0.39, 0.29) is 11.6 Å². The van der Waals surface area contributed by atoms with Gasteiger partial charge in [0.1, 0.15) is 0 Å². The van der Waals surface area contributed by atoms with Crippen LogP contribution in [0.5, 0.6) is 0 Å². The first-order chi connectivity index (χ1) is 14.5. The van der Waals surface area contributed by atoms with E-state index in [2.05, 4.69) is 11.1 Å². The Kier molecular flexibility index (Phi) is 5.34. The summed E-state index contributed by atoms with van der Waals surface area (Å²) in [6.45, 7) is 3.34. The molecule has 0 spiro atoms. The molecule has 0 unspecified atom stereocenters. The van der Waals surface area contributed by atoms with E-state index in [4.69, 9.17) is 16.0 Å². The van der Waals surface area contributed by atoms with E-state index in [9.17, 15) is 4.79 Å². The summed E-state index contributed by atoms with van der Waals surface area (Å²) in [6, 6.07) is 13.4. The summed E-state index contributed by atoms with van der Waals surface area (Å²) in [5.41, 5.74) is 10.4. The van der Waals surface area contributed by atoms with Crippen molar-refractivity contribution in [3.05, 3.63) is 64.2 Å². The lowest BCUT2D eigenvalue weighted by Gasteiger charge is -2.31. The van der Waals surface area contributed by atoms with E-state index in [0.717, 1.165) is 29.7 Å². The van der Waals surface area contributed by atoms with Crippen molar-refractivity contribution in [3.8, 4) is 28.6 Å². The van der Waals surface area contributed by atoms with Gasteiger partial charge in [0.15, 0.2) is 5.82 Å². The molecule has 4 rings (SSSR count). The molecular weight excluding hydrogens is 376 g/mol. The van der Waals surface area contributed by atoms with Crippen molar-refractivity contribution in [2.75, 3.05) is 18.0 Å². The normalized spacial score (nSPS) is 14.5. The van der Waals surface area contributed by atoms with Gasteiger partial charge in [0.25, 0.3) is 5.56 Å². The second-order valence-corrected chi connectivity index (χ2v) is 7.70. The third kappa shape index (κ3) is 3.70. The number of pyridine rings is 1. The molecule has 0 bridgehead atoms. The number of aryl methyl sites for hydroxylation is 1. The van der Waals surface area contributed by atoms with Crippen LogP contribution in [0.4, 0.5) is 5.82 Å². The summed E-state index contributed by atoms with van der Waals surface area (Å²) in [5.74, 6) is 0.438. The van der Waals surface area contributed by atoms with E-state index in [1.807, 2.05) is 36.1 Å². The first-order valence-electron chi connectivity index (χ1n) is 10.0. The number of nitriles is 1. The zero-order valence-electron chi connectivity index (χ0n) is 17.2. The van der Waals surface area contributed by atoms with Crippen LogP contribution in [0.2, 0.25) is 0 Å². The van der Waals surface area contributed by atoms with Gasteiger partial charge in [-0.25, -0.2) is 4.98 Å². The van der Waals surface area contributed by atoms with Gasteiger partial charge in [0.05, 0.1) is 23.0 Å². The summed E-state index contributed by atoms with van der Waals surface area (Å²) in [5, 5.41) is 9.14. The van der Waals surface area contributed by atoms with Crippen LogP contribution in [-0.2, 0) is 7.05 Å². The zero-order chi connectivity index (χ0) is 21.3. The van der Waals surface area contributed by atoms with Crippen molar-refractivity contribution in [1.82, 2.24) is 14.5 Å². The number of benzene rings is 1. The highest BCUT2D eigenvalue weighted by molar-refractivity contribution is 5.79. The van der Waals surface area contributed by atoms with E-state index in [1.54, 1.807) is 29.9 Å². The molecule has 0 amide bonds. The number of aromatic nitrogens is 3. The predicted molar refractivity (Wildman–Crippen MR) is 117 cm³/mol. The van der Waals surface area contributed by atoms with Crippen molar-refractivity contribution in [2.45, 2.75) is 25.8 Å². The van der Waals surface area contributed by atoms with Gasteiger partial charge in [-0.15, -0.1) is 0 Å². The summed E-state index contributed by atoms with van der Waals surface area (Å²) in [6.07, 6.45) is 3.43. The number of nitrogens with zero attached hydrogens (tertiary/aromatic N) is 5. The van der Waals surface area contributed by atoms with Crippen LogP contribution in [-0.4, -0.2) is 33.7 Å². The van der Waals surface area contributed by atoms with Crippen LogP contribution in [0.1, 0.15) is 24.1 Å². The molecule has 0 saturated carbocycles. The summed E-state index contributed by atoms with van der Waals surface area (Å²) in [4.78, 5) is 24.5. The van der Waals surface area contributed by atoms with E-state index >= 15 is 0 Å². The molecule has 152 valence electrons. The number of nitrogens with two attached hydrogens (primary N) is 1. The minimum atomic E-state index is -0.140. The number of hydrogen-bond acceptors (Lipinski definition) is 6. The smallest absolute Gasteiger partial charge is 0.293 e. The van der Waals surface area contributed by atoms with Crippen molar-refractivity contribution >= 4 is 5.82 Å². The first-order valence-corrected chi connectivity index (χ1v) is 10.0. The summed E-state index contributed by atoms with van der Waals surface area (Å²) in [7, 11) is 1.77. The topological polar surface area (TPSA) is 101 Å². The molecule has 7 nitrogen and oxygen atoms in total. The molecule has 0 atom stereocenters. The third-order valence-electron chi connectivity index (χ3n) is 5.58. The number of hydrogen-bond donors (Lipinski definition) is 1. The van der Waals surface area contributed by atoms with Gasteiger partial charge < -0.3 is 15.2 Å². The minimum absolute atomic E-state index is 0.140. The lowest BCUT2D eigenvalue weighted by atomic mass is 10.0. The molecule has 1 aromatic carbocycles. The molecule has 1 aliphatic rings. The van der Waals surface area contributed by atoms with Crippen molar-refractivity contribution in [1.29, 1.82) is 5.26 Å². The lowest BCUT2D eigenvalue weighted by molar-refractivity contribution is 0.496. The maximum absolute atomic E-state index is 13.3. The lowest BCUT2D eigenvalue weighted by Crippen LogP contribution is -2.43. The Labute approximate surface area is 175 Å². The Morgan fingerprint density at radius 2 is 1.77 bits per heavy atom. The van der Waals surface area contributed by atoms with Gasteiger partial charge in [0.2, 0.25) is 0 Å². The molecule has 2 N–H and O–H groups in total. The highest BCUT2D eigenvalue weighted by Gasteiger charge is 2.24. The van der Waals surface area contributed by atoms with Crippen LogP contribution in [0.15, 0.2) is 47.4 Å². The molecule has 2 aromatic heterocycles. The Bertz CT molecular complexity index is 1150. The van der Waals surface area contributed by atoms with Gasteiger partial charge in [-0.3, -0.25) is 9.78 Å². The monoisotopic (exact) mass is 400 g/mol. The van der Waals surface area contributed by atoms with Gasteiger partial charge in [0, 0.05) is 49.2 Å². The quantitative estimate of drug-likeness (QED) is 0.725. The minimum Gasteiger partial charge on any atom is -0.352 e. The largest absolute Gasteiger partial charge is 0.352 e. The maximum atomic E-state index is 13.3. The molecule has 3 aromatic rings. The number of anilines is 1. The molecule has 7 heteroatoms. The highest BCUT2D eigenvalue weighted by atomic mass is 16.1. The Morgan fingerprint density at radius 1 is 1.10 bits per heavy atom. The summed E-state index contributed by atoms with van der Waals surface area (Å²) < 4.78 is 1.65. The molecule has 30 heavy (non-hydrogen) atoms. The van der Waals surface area contributed by atoms with E-state index in [0.29, 0.717) is 35.9 Å². The number of rotatable bonds is 3. The SMILES string of the molecule is Cc1ccc(-c2c(-c3ccc(C#N)cc3)nc(N3CCC(N)CC3)c(=O)n2C)cn1. The van der Waals surface area contributed by atoms with Crippen molar-refractivity contribution in [3.63, 3.8) is 0 Å². The Morgan fingerprint density at radius 3 is 2.37 bits per heavy atom. The molecule has 0 aliphatic carbocycles. The first kappa shape index (κ1) is 19.8. The molecule has 1 fully saturated rings. The van der Waals surface area contributed by atoms with Crippen LogP contribution < -0.4 is 16.2 Å². The maximum Gasteiger partial charge on any atom is 0.293 e. The van der Waals surface area contributed by atoms with Gasteiger partial charge in [-0.1, -0.05) is 12.1 Å². The molecule has 1 aliphatic heterocycles. The fourth-order valence-electron chi connectivity index (χ4n) is 3.78. The molecule has 1 saturated heterocycles. The standard InChI is InChI=1S/C23H24N6O/c1-15-3-6-18(14-26-15)21-20(17-7-4-16(13-24)5-8-17)27-22(23(30)28(21)2)29-11-9-19(25)10-12-29/h3-8,14,19H,9-12,25H2,1-2H3. The van der Waals surface area contributed by atoms with Crippen LogP contribution in [0.3, 0.4) is 0 Å². The van der Waals surface area contributed by atoms with Crippen molar-refractivity contribution < 1.29 is 0 Å². The second-order valence-electron chi connectivity index (χ2n) is 7.70. The highest BCUT2D eigenvalue weighted by Crippen LogP contribution is 2.31. The fraction of sp³-hybridized carbons (Fsp3) is 0.304. The average Bonchev–Trinajstić information content (AvgIpc) is 2.77. The van der Waals surface area contributed by atoms with Gasteiger partial charge in [-0.2, -0.15) is 5.26 Å². The number of piperidine rings is 1. The molecule has 3 heterocycles. The van der Waals surface area contributed by atoms with E-state index in [1.165, 1.54) is 0 Å².